The Kier molecular flexibility index (Phi) is 5.29. The Bertz CT molecular complexity index is 996. The second-order valence-electron chi connectivity index (χ2n) is 6.71. The van der Waals surface area contributed by atoms with Gasteiger partial charge >= 0.3 is 6.03 Å². The normalized spacial score (nSPS) is 15.7. The zero-order valence-electron chi connectivity index (χ0n) is 15.8. The molecule has 2 unspecified atom stereocenters. The minimum atomic E-state index is -0.520. The van der Waals surface area contributed by atoms with Gasteiger partial charge in [0.25, 0.3) is 0 Å². The van der Waals surface area contributed by atoms with E-state index in [0.717, 1.165) is 5.56 Å². The fraction of sp³-hybridized carbons (Fsp3) is 0.182. The van der Waals surface area contributed by atoms with Gasteiger partial charge in [-0.2, -0.15) is 0 Å². The Morgan fingerprint density at radius 3 is 2.76 bits per heavy atom. The Morgan fingerprint density at radius 2 is 2.00 bits per heavy atom. The summed E-state index contributed by atoms with van der Waals surface area (Å²) in [5.74, 6) is 1.40. The van der Waals surface area contributed by atoms with Crippen molar-refractivity contribution in [3.05, 3.63) is 83.9 Å². The van der Waals surface area contributed by atoms with Gasteiger partial charge < -0.3 is 20.1 Å². The molecule has 4 rings (SSSR count). The molecule has 2 aromatic carbocycles. The van der Waals surface area contributed by atoms with Crippen molar-refractivity contribution in [1.82, 2.24) is 15.6 Å². The van der Waals surface area contributed by atoms with E-state index in [0.29, 0.717) is 22.8 Å². The Morgan fingerprint density at radius 1 is 1.17 bits per heavy atom. The molecule has 2 amide bonds. The number of halogens is 1. The van der Waals surface area contributed by atoms with Gasteiger partial charge in [0.1, 0.15) is 29.7 Å². The van der Waals surface area contributed by atoms with Gasteiger partial charge in [0.05, 0.1) is 23.8 Å². The van der Waals surface area contributed by atoms with Gasteiger partial charge in [-0.3, -0.25) is 4.98 Å². The SMILES string of the molecule is CC(NC(=O)NC1COc2cccc(F)c21)c1ccc(Oc2cccnc2)cc1. The average Bonchev–Trinajstić information content (AvgIpc) is 3.13. The molecule has 2 N–H and O–H groups in total. The number of benzene rings is 2. The van der Waals surface area contributed by atoms with E-state index >= 15 is 0 Å². The minimum Gasteiger partial charge on any atom is -0.491 e. The number of urea groups is 1. The first-order valence-corrected chi connectivity index (χ1v) is 9.26. The maximum absolute atomic E-state index is 14.0. The summed E-state index contributed by atoms with van der Waals surface area (Å²) in [6, 6.07) is 14.5. The van der Waals surface area contributed by atoms with Gasteiger partial charge in [0.15, 0.2) is 0 Å². The van der Waals surface area contributed by atoms with Crippen LogP contribution in [-0.4, -0.2) is 17.6 Å². The lowest BCUT2D eigenvalue weighted by molar-refractivity contribution is 0.229. The van der Waals surface area contributed by atoms with Crippen LogP contribution in [0.25, 0.3) is 0 Å². The number of amides is 2. The zero-order chi connectivity index (χ0) is 20.2. The Labute approximate surface area is 167 Å². The zero-order valence-corrected chi connectivity index (χ0v) is 15.8. The number of carbonyl (C=O) groups excluding carboxylic acids is 1. The molecule has 29 heavy (non-hydrogen) atoms. The quantitative estimate of drug-likeness (QED) is 0.669. The van der Waals surface area contributed by atoms with Crippen molar-refractivity contribution in [3.8, 4) is 17.2 Å². The lowest BCUT2D eigenvalue weighted by Gasteiger charge is -2.18. The van der Waals surface area contributed by atoms with Crippen molar-refractivity contribution in [1.29, 1.82) is 0 Å². The van der Waals surface area contributed by atoms with E-state index in [1.165, 1.54) is 6.07 Å². The van der Waals surface area contributed by atoms with E-state index in [4.69, 9.17) is 9.47 Å². The lowest BCUT2D eigenvalue weighted by Crippen LogP contribution is -2.39. The molecule has 3 aromatic rings. The largest absolute Gasteiger partial charge is 0.491 e. The number of nitrogens with zero attached hydrogens (tertiary/aromatic N) is 1. The third-order valence-electron chi connectivity index (χ3n) is 4.67. The fourth-order valence-electron chi connectivity index (χ4n) is 3.20. The topological polar surface area (TPSA) is 72.5 Å². The highest BCUT2D eigenvalue weighted by Gasteiger charge is 2.29. The van der Waals surface area contributed by atoms with Gasteiger partial charge in [-0.05, 0) is 48.9 Å². The predicted octanol–water partition coefficient (Wildman–Crippen LogP) is 4.51. The predicted molar refractivity (Wildman–Crippen MR) is 105 cm³/mol. The van der Waals surface area contributed by atoms with E-state index in [9.17, 15) is 9.18 Å². The maximum Gasteiger partial charge on any atom is 0.315 e. The highest BCUT2D eigenvalue weighted by atomic mass is 19.1. The number of ether oxygens (including phenoxy) is 2. The first-order chi connectivity index (χ1) is 14.1. The number of nitrogens with one attached hydrogen (secondary N) is 2. The monoisotopic (exact) mass is 393 g/mol. The smallest absolute Gasteiger partial charge is 0.315 e. The minimum absolute atomic E-state index is 0.207. The van der Waals surface area contributed by atoms with Crippen LogP contribution in [0.2, 0.25) is 0 Å². The van der Waals surface area contributed by atoms with Crippen molar-refractivity contribution >= 4 is 6.03 Å². The van der Waals surface area contributed by atoms with E-state index in [2.05, 4.69) is 15.6 Å². The number of aromatic nitrogens is 1. The molecule has 6 nitrogen and oxygen atoms in total. The first kappa shape index (κ1) is 18.7. The number of carbonyl (C=O) groups is 1. The first-order valence-electron chi connectivity index (χ1n) is 9.26. The highest BCUT2D eigenvalue weighted by Crippen LogP contribution is 2.34. The van der Waals surface area contributed by atoms with Crippen LogP contribution in [-0.2, 0) is 0 Å². The van der Waals surface area contributed by atoms with Crippen molar-refractivity contribution in [2.24, 2.45) is 0 Å². The molecule has 0 radical (unpaired) electrons. The summed E-state index contributed by atoms with van der Waals surface area (Å²) in [6.45, 7) is 2.08. The summed E-state index contributed by atoms with van der Waals surface area (Å²) < 4.78 is 25.2. The van der Waals surface area contributed by atoms with Crippen molar-refractivity contribution in [3.63, 3.8) is 0 Å². The van der Waals surface area contributed by atoms with E-state index in [-0.39, 0.29) is 18.5 Å². The van der Waals surface area contributed by atoms with Crippen LogP contribution in [0, 0.1) is 5.82 Å². The van der Waals surface area contributed by atoms with Crippen LogP contribution in [0.4, 0.5) is 9.18 Å². The highest BCUT2D eigenvalue weighted by molar-refractivity contribution is 5.75. The van der Waals surface area contributed by atoms with Gasteiger partial charge in [0.2, 0.25) is 0 Å². The molecule has 0 spiro atoms. The number of hydrogen-bond acceptors (Lipinski definition) is 4. The molecule has 2 atom stereocenters. The Balaban J connectivity index is 1.35. The molecule has 0 bridgehead atoms. The summed E-state index contributed by atoms with van der Waals surface area (Å²) in [5.41, 5.74) is 1.29. The van der Waals surface area contributed by atoms with Crippen LogP contribution in [0.15, 0.2) is 67.0 Å². The van der Waals surface area contributed by atoms with Crippen molar-refractivity contribution < 1.29 is 18.7 Å². The number of fused-ring (bicyclic) bond motifs is 1. The molecular weight excluding hydrogens is 373 g/mol. The van der Waals surface area contributed by atoms with Crippen molar-refractivity contribution in [2.75, 3.05) is 6.61 Å². The third kappa shape index (κ3) is 4.29. The standard InChI is InChI=1S/C22H20FN3O3/c1-14(15-7-9-16(10-8-15)29-17-4-3-11-24-12-17)25-22(27)26-19-13-28-20-6-2-5-18(23)21(19)20/h2-12,14,19H,13H2,1H3,(H2,25,26,27). The summed E-state index contributed by atoms with van der Waals surface area (Å²) in [7, 11) is 0. The lowest BCUT2D eigenvalue weighted by atomic mass is 10.1. The van der Waals surface area contributed by atoms with E-state index in [1.54, 1.807) is 30.6 Å². The molecule has 1 aliphatic rings. The number of rotatable bonds is 5. The second kappa shape index (κ2) is 8.18. The molecule has 1 aliphatic heterocycles. The van der Waals surface area contributed by atoms with Gasteiger partial charge in [0, 0.05) is 6.20 Å². The fourth-order valence-corrected chi connectivity index (χ4v) is 3.20. The summed E-state index contributed by atoms with van der Waals surface area (Å²) in [5, 5.41) is 5.64. The molecule has 0 saturated heterocycles. The van der Waals surface area contributed by atoms with Crippen LogP contribution in [0.1, 0.15) is 30.1 Å². The van der Waals surface area contributed by atoms with Crippen LogP contribution in [0.3, 0.4) is 0 Å². The number of hydrogen-bond donors (Lipinski definition) is 2. The molecule has 0 fully saturated rings. The molecule has 2 heterocycles. The second-order valence-corrected chi connectivity index (χ2v) is 6.71. The van der Waals surface area contributed by atoms with Gasteiger partial charge in [-0.1, -0.05) is 18.2 Å². The molecular formula is C22H20FN3O3. The summed E-state index contributed by atoms with van der Waals surface area (Å²) in [4.78, 5) is 16.4. The average molecular weight is 393 g/mol. The van der Waals surface area contributed by atoms with Crippen LogP contribution < -0.4 is 20.1 Å². The van der Waals surface area contributed by atoms with Crippen LogP contribution >= 0.6 is 0 Å². The van der Waals surface area contributed by atoms with E-state index in [1.807, 2.05) is 37.3 Å². The third-order valence-corrected chi connectivity index (χ3v) is 4.67. The molecule has 7 heteroatoms. The molecule has 0 saturated carbocycles. The van der Waals surface area contributed by atoms with Gasteiger partial charge in [-0.15, -0.1) is 0 Å². The Hall–Kier alpha value is -3.61. The van der Waals surface area contributed by atoms with Crippen molar-refractivity contribution in [2.45, 2.75) is 19.0 Å². The summed E-state index contributed by atoms with van der Waals surface area (Å²) in [6.07, 6.45) is 3.31. The number of pyridine rings is 1. The molecule has 148 valence electrons. The summed E-state index contributed by atoms with van der Waals surface area (Å²) >= 11 is 0. The van der Waals surface area contributed by atoms with Crippen LogP contribution in [0.5, 0.6) is 17.2 Å². The molecule has 0 aliphatic carbocycles. The maximum atomic E-state index is 14.0. The molecule has 1 aromatic heterocycles. The van der Waals surface area contributed by atoms with Gasteiger partial charge in [-0.25, -0.2) is 9.18 Å². The van der Waals surface area contributed by atoms with E-state index < -0.39 is 12.1 Å².